The quantitative estimate of drug-likeness (QED) is 0.878. The maximum atomic E-state index is 9.51. The monoisotopic (exact) mass is 284 g/mol. The van der Waals surface area contributed by atoms with Crippen molar-refractivity contribution in [2.24, 2.45) is 5.92 Å². The lowest BCUT2D eigenvalue weighted by Crippen LogP contribution is -2.28. The summed E-state index contributed by atoms with van der Waals surface area (Å²) in [4.78, 5) is 7.16. The smallest absolute Gasteiger partial charge is 0.136 e. The van der Waals surface area contributed by atoms with Gasteiger partial charge < -0.3 is 10.0 Å². The predicted octanol–water partition coefficient (Wildman–Crippen LogP) is 3.74. The first-order valence-corrected chi connectivity index (χ1v) is 7.95. The SMILES string of the molecule is CC(C)CCN(c1ncc(CO)c2ccccc12)C1CC1. The molecule has 1 aromatic heterocycles. The molecule has 3 nitrogen and oxygen atoms in total. The van der Waals surface area contributed by atoms with Gasteiger partial charge in [-0.15, -0.1) is 0 Å². The Kier molecular flexibility index (Phi) is 4.11. The summed E-state index contributed by atoms with van der Waals surface area (Å²) in [5.41, 5.74) is 0.911. The molecule has 0 bridgehead atoms. The molecule has 0 amide bonds. The number of hydrogen-bond donors (Lipinski definition) is 1. The van der Waals surface area contributed by atoms with Gasteiger partial charge in [0.25, 0.3) is 0 Å². The number of rotatable bonds is 6. The minimum Gasteiger partial charge on any atom is -0.392 e. The molecule has 1 saturated carbocycles. The topological polar surface area (TPSA) is 36.4 Å². The van der Waals surface area contributed by atoms with Crippen molar-refractivity contribution in [3.05, 3.63) is 36.0 Å². The third kappa shape index (κ3) is 3.03. The highest BCUT2D eigenvalue weighted by molar-refractivity contribution is 5.94. The summed E-state index contributed by atoms with van der Waals surface area (Å²) in [7, 11) is 0. The average Bonchev–Trinajstić information content (AvgIpc) is 3.32. The van der Waals surface area contributed by atoms with Gasteiger partial charge in [-0.1, -0.05) is 38.1 Å². The Bertz CT molecular complexity index is 620. The van der Waals surface area contributed by atoms with Crippen molar-refractivity contribution >= 4 is 16.6 Å². The standard InChI is InChI=1S/C18H24N2O/c1-13(2)9-10-20(15-7-8-15)18-17-6-4-3-5-16(17)14(12-21)11-19-18/h3-6,11,13,15,21H,7-10,12H2,1-2H3. The molecule has 3 heteroatoms. The normalized spacial score (nSPS) is 14.9. The fourth-order valence-electron chi connectivity index (χ4n) is 2.84. The summed E-state index contributed by atoms with van der Waals surface area (Å²) >= 11 is 0. The second-order valence-corrected chi connectivity index (χ2v) is 6.42. The van der Waals surface area contributed by atoms with Crippen LogP contribution in [-0.4, -0.2) is 22.7 Å². The van der Waals surface area contributed by atoms with E-state index < -0.39 is 0 Å². The zero-order valence-electron chi connectivity index (χ0n) is 12.9. The first-order valence-electron chi connectivity index (χ1n) is 7.95. The van der Waals surface area contributed by atoms with Crippen molar-refractivity contribution in [2.45, 2.75) is 45.8 Å². The van der Waals surface area contributed by atoms with E-state index in [4.69, 9.17) is 0 Å². The Morgan fingerprint density at radius 2 is 1.95 bits per heavy atom. The van der Waals surface area contributed by atoms with E-state index in [2.05, 4.69) is 41.9 Å². The molecule has 1 aliphatic rings. The highest BCUT2D eigenvalue weighted by atomic mass is 16.3. The molecule has 1 heterocycles. The number of fused-ring (bicyclic) bond motifs is 1. The number of benzene rings is 1. The molecule has 112 valence electrons. The van der Waals surface area contributed by atoms with Gasteiger partial charge in [0.2, 0.25) is 0 Å². The summed E-state index contributed by atoms with van der Waals surface area (Å²) < 4.78 is 0. The molecule has 1 fully saturated rings. The lowest BCUT2D eigenvalue weighted by molar-refractivity contribution is 0.283. The van der Waals surface area contributed by atoms with Crippen molar-refractivity contribution in [1.82, 2.24) is 4.98 Å². The van der Waals surface area contributed by atoms with Crippen LogP contribution in [0.15, 0.2) is 30.5 Å². The van der Waals surface area contributed by atoms with Crippen LogP contribution in [0.5, 0.6) is 0 Å². The van der Waals surface area contributed by atoms with Crippen LogP contribution in [-0.2, 0) is 6.61 Å². The van der Waals surface area contributed by atoms with Gasteiger partial charge in [-0.2, -0.15) is 0 Å². The average molecular weight is 284 g/mol. The first-order chi connectivity index (χ1) is 10.2. The van der Waals surface area contributed by atoms with E-state index in [1.807, 2.05) is 12.3 Å². The fraction of sp³-hybridized carbons (Fsp3) is 0.500. The van der Waals surface area contributed by atoms with Crippen LogP contribution in [0.3, 0.4) is 0 Å². The van der Waals surface area contributed by atoms with Gasteiger partial charge in [-0.3, -0.25) is 0 Å². The molecular formula is C18H24N2O. The Morgan fingerprint density at radius 3 is 2.57 bits per heavy atom. The Labute approximate surface area is 126 Å². The van der Waals surface area contributed by atoms with Gasteiger partial charge in [0, 0.05) is 29.7 Å². The lowest BCUT2D eigenvalue weighted by atomic mass is 10.1. The number of hydrogen-bond acceptors (Lipinski definition) is 3. The van der Waals surface area contributed by atoms with Crippen LogP contribution in [0, 0.1) is 5.92 Å². The number of aliphatic hydroxyl groups is 1. The molecule has 1 aliphatic carbocycles. The van der Waals surface area contributed by atoms with Crippen LogP contribution in [0.1, 0.15) is 38.7 Å². The second kappa shape index (κ2) is 6.02. The van der Waals surface area contributed by atoms with Crippen molar-refractivity contribution in [2.75, 3.05) is 11.4 Å². The van der Waals surface area contributed by atoms with E-state index in [1.165, 1.54) is 24.6 Å². The van der Waals surface area contributed by atoms with Crippen molar-refractivity contribution in [3.63, 3.8) is 0 Å². The molecular weight excluding hydrogens is 260 g/mol. The summed E-state index contributed by atoms with van der Waals surface area (Å²) in [5.74, 6) is 1.79. The minimum atomic E-state index is 0.0449. The number of anilines is 1. The van der Waals surface area contributed by atoms with Gasteiger partial charge in [0.15, 0.2) is 0 Å². The van der Waals surface area contributed by atoms with Crippen LogP contribution in [0.25, 0.3) is 10.8 Å². The summed E-state index contributed by atoms with van der Waals surface area (Å²) in [5, 5.41) is 11.8. The highest BCUT2D eigenvalue weighted by Crippen LogP contribution is 2.35. The van der Waals surface area contributed by atoms with E-state index in [9.17, 15) is 5.11 Å². The Morgan fingerprint density at radius 1 is 1.24 bits per heavy atom. The molecule has 0 radical (unpaired) electrons. The van der Waals surface area contributed by atoms with Gasteiger partial charge in [-0.05, 0) is 30.6 Å². The number of nitrogens with zero attached hydrogens (tertiary/aromatic N) is 2. The third-order valence-corrected chi connectivity index (χ3v) is 4.23. The third-order valence-electron chi connectivity index (χ3n) is 4.23. The molecule has 0 unspecified atom stereocenters. The molecule has 0 aliphatic heterocycles. The van der Waals surface area contributed by atoms with Crippen molar-refractivity contribution in [1.29, 1.82) is 0 Å². The van der Waals surface area contributed by atoms with Crippen molar-refractivity contribution in [3.8, 4) is 0 Å². The van der Waals surface area contributed by atoms with Gasteiger partial charge >= 0.3 is 0 Å². The molecule has 3 rings (SSSR count). The fourth-order valence-corrected chi connectivity index (χ4v) is 2.84. The van der Waals surface area contributed by atoms with Crippen LogP contribution < -0.4 is 4.90 Å². The predicted molar refractivity (Wildman–Crippen MR) is 87.5 cm³/mol. The highest BCUT2D eigenvalue weighted by Gasteiger charge is 2.30. The van der Waals surface area contributed by atoms with Crippen LogP contribution in [0.2, 0.25) is 0 Å². The Hall–Kier alpha value is -1.61. The number of aromatic nitrogens is 1. The molecule has 2 aromatic rings. The molecule has 0 spiro atoms. The molecule has 1 aromatic carbocycles. The van der Waals surface area contributed by atoms with E-state index >= 15 is 0 Å². The van der Waals surface area contributed by atoms with Gasteiger partial charge in [-0.25, -0.2) is 4.98 Å². The van der Waals surface area contributed by atoms with E-state index in [1.54, 1.807) is 0 Å². The van der Waals surface area contributed by atoms with E-state index in [0.717, 1.165) is 23.3 Å². The van der Waals surface area contributed by atoms with E-state index in [-0.39, 0.29) is 6.61 Å². The second-order valence-electron chi connectivity index (χ2n) is 6.42. The molecule has 0 saturated heterocycles. The molecule has 21 heavy (non-hydrogen) atoms. The zero-order chi connectivity index (χ0) is 14.8. The summed E-state index contributed by atoms with van der Waals surface area (Å²) in [6.07, 6.45) is 5.57. The number of pyridine rings is 1. The summed E-state index contributed by atoms with van der Waals surface area (Å²) in [6.45, 7) is 5.65. The zero-order valence-corrected chi connectivity index (χ0v) is 12.9. The maximum Gasteiger partial charge on any atom is 0.136 e. The van der Waals surface area contributed by atoms with Crippen molar-refractivity contribution < 1.29 is 5.11 Å². The first kappa shape index (κ1) is 14.3. The van der Waals surface area contributed by atoms with E-state index in [0.29, 0.717) is 12.0 Å². The number of aliphatic hydroxyl groups excluding tert-OH is 1. The maximum absolute atomic E-state index is 9.51. The lowest BCUT2D eigenvalue weighted by Gasteiger charge is -2.26. The molecule has 1 N–H and O–H groups in total. The van der Waals surface area contributed by atoms with Crippen LogP contribution in [0.4, 0.5) is 5.82 Å². The minimum absolute atomic E-state index is 0.0449. The largest absolute Gasteiger partial charge is 0.392 e. The summed E-state index contributed by atoms with van der Waals surface area (Å²) in [6, 6.07) is 8.95. The molecule has 0 atom stereocenters. The van der Waals surface area contributed by atoms with Gasteiger partial charge in [0.05, 0.1) is 6.61 Å². The van der Waals surface area contributed by atoms with Gasteiger partial charge in [0.1, 0.15) is 5.82 Å². The Balaban J connectivity index is 2.01. The van der Waals surface area contributed by atoms with Crippen LogP contribution >= 0.6 is 0 Å².